The minimum Gasteiger partial charge on any atom is -0.464 e. The first-order valence-electron chi connectivity index (χ1n) is 9.32. The van der Waals surface area contributed by atoms with Crippen molar-refractivity contribution in [3.8, 4) is 6.07 Å². The molecule has 2 atom stereocenters. The zero-order valence-electron chi connectivity index (χ0n) is 16.5. The lowest BCUT2D eigenvalue weighted by atomic mass is 9.78. The van der Waals surface area contributed by atoms with Crippen LogP contribution in [0.4, 0.5) is 5.82 Å². The third-order valence-corrected chi connectivity index (χ3v) is 4.77. The van der Waals surface area contributed by atoms with E-state index in [4.69, 9.17) is 9.47 Å². The van der Waals surface area contributed by atoms with Gasteiger partial charge in [0, 0.05) is 12.8 Å². The van der Waals surface area contributed by atoms with Crippen molar-refractivity contribution in [2.24, 2.45) is 0 Å². The maximum atomic E-state index is 13.5. The van der Waals surface area contributed by atoms with E-state index in [0.29, 0.717) is 11.4 Å². The molecule has 1 aromatic carbocycles. The number of hydrogen-bond acceptors (Lipinski definition) is 7. The smallest absolute Gasteiger partial charge is 0.342 e. The van der Waals surface area contributed by atoms with Crippen LogP contribution in [0.25, 0.3) is 0 Å². The Balaban J connectivity index is 2.39. The fourth-order valence-corrected chi connectivity index (χ4v) is 3.62. The first-order chi connectivity index (χ1) is 14.0. The lowest BCUT2D eigenvalue weighted by molar-refractivity contribution is -0.162. The summed E-state index contributed by atoms with van der Waals surface area (Å²) in [5.74, 6) is -0.726. The number of fused-ring (bicyclic) bond motifs is 1. The number of nitrogens with one attached hydrogen (secondary N) is 1. The molecule has 0 spiro atoms. The molecule has 0 saturated carbocycles. The summed E-state index contributed by atoms with van der Waals surface area (Å²) in [5, 5.41) is 16.7. The number of carbonyl (C=O) groups is 2. The zero-order valence-corrected chi connectivity index (χ0v) is 16.5. The molecule has 2 aromatic rings. The molecule has 0 saturated heterocycles. The molecule has 0 radical (unpaired) electrons. The Bertz CT molecular complexity index is 990. The molecule has 1 aliphatic heterocycles. The highest BCUT2D eigenvalue weighted by Gasteiger charge is 2.58. The molecular weight excluding hydrogens is 372 g/mol. The summed E-state index contributed by atoms with van der Waals surface area (Å²) in [7, 11) is 0. The first-order valence-corrected chi connectivity index (χ1v) is 9.32. The van der Waals surface area contributed by atoms with Crippen LogP contribution in [0.3, 0.4) is 0 Å². The summed E-state index contributed by atoms with van der Waals surface area (Å²) >= 11 is 0. The van der Waals surface area contributed by atoms with Crippen LogP contribution >= 0.6 is 0 Å². The summed E-state index contributed by atoms with van der Waals surface area (Å²) in [6.07, 6.45) is 1.88. The fraction of sp³-hybridized carbons (Fsp3) is 0.333. The van der Waals surface area contributed by atoms with Crippen LogP contribution in [-0.2, 0) is 24.6 Å². The monoisotopic (exact) mass is 394 g/mol. The summed E-state index contributed by atoms with van der Waals surface area (Å²) in [4.78, 5) is 26.2. The van der Waals surface area contributed by atoms with Gasteiger partial charge in [-0.3, -0.25) is 4.79 Å². The van der Waals surface area contributed by atoms with Gasteiger partial charge in [0.25, 0.3) is 0 Å². The lowest BCUT2D eigenvalue weighted by Crippen LogP contribution is -2.54. The molecule has 8 nitrogen and oxygen atoms in total. The highest BCUT2D eigenvalue weighted by molar-refractivity contribution is 6.04. The summed E-state index contributed by atoms with van der Waals surface area (Å²) < 4.78 is 12.8. The van der Waals surface area contributed by atoms with Crippen molar-refractivity contribution in [1.82, 2.24) is 9.78 Å². The van der Waals surface area contributed by atoms with E-state index in [2.05, 4.69) is 10.4 Å². The highest BCUT2D eigenvalue weighted by Crippen LogP contribution is 2.47. The number of ether oxygens (including phenoxy) is 2. The van der Waals surface area contributed by atoms with E-state index in [1.165, 1.54) is 24.0 Å². The van der Waals surface area contributed by atoms with E-state index < -0.39 is 17.6 Å². The summed E-state index contributed by atoms with van der Waals surface area (Å²) in [5.41, 5.74) is -0.676. The van der Waals surface area contributed by atoms with Crippen LogP contribution in [0.15, 0.2) is 48.3 Å². The van der Waals surface area contributed by atoms with Gasteiger partial charge in [-0.2, -0.15) is 10.4 Å². The Morgan fingerprint density at radius 2 is 2.00 bits per heavy atom. The average molecular weight is 394 g/mol. The van der Waals surface area contributed by atoms with Crippen molar-refractivity contribution in [3.05, 3.63) is 59.4 Å². The number of aromatic nitrogens is 2. The molecule has 1 aliphatic rings. The van der Waals surface area contributed by atoms with Crippen LogP contribution in [0, 0.1) is 11.3 Å². The molecule has 1 aromatic heterocycles. The maximum Gasteiger partial charge on any atom is 0.342 e. The normalized spacial score (nSPS) is 18.6. The topological polar surface area (TPSA) is 106 Å². The first kappa shape index (κ1) is 20.3. The number of Topliss-reactive ketones (excluding diaryl/α,β-unsaturated/α-hetero) is 1. The van der Waals surface area contributed by atoms with Crippen molar-refractivity contribution in [2.75, 3.05) is 18.5 Å². The second kappa shape index (κ2) is 8.29. The van der Waals surface area contributed by atoms with E-state index in [0.717, 1.165) is 0 Å². The van der Waals surface area contributed by atoms with E-state index in [-0.39, 0.29) is 30.1 Å². The number of anilines is 1. The Morgan fingerprint density at radius 1 is 1.28 bits per heavy atom. The number of hydrogen-bond donors (Lipinski definition) is 1. The molecule has 29 heavy (non-hydrogen) atoms. The van der Waals surface area contributed by atoms with Gasteiger partial charge >= 0.3 is 5.97 Å². The quantitative estimate of drug-likeness (QED) is 0.720. The number of rotatable bonds is 7. The third-order valence-electron chi connectivity index (χ3n) is 4.77. The van der Waals surface area contributed by atoms with Gasteiger partial charge in [0.15, 0.2) is 5.78 Å². The number of carbonyl (C=O) groups excluding carboxylic acids is 2. The molecule has 150 valence electrons. The van der Waals surface area contributed by atoms with Gasteiger partial charge in [-0.1, -0.05) is 30.3 Å². The predicted octanol–water partition coefficient (Wildman–Crippen LogP) is 2.69. The SMILES string of the molecule is CCOC(=O)C1(C(OCC)c2ccccc2)C(C(C)=O)=CNc2c(C#N)cnn21. The van der Waals surface area contributed by atoms with Crippen LogP contribution in [0.2, 0.25) is 0 Å². The van der Waals surface area contributed by atoms with Gasteiger partial charge in [0.05, 0.1) is 18.4 Å². The predicted molar refractivity (Wildman–Crippen MR) is 105 cm³/mol. The minimum atomic E-state index is -1.73. The molecular formula is C21H22N4O4. The van der Waals surface area contributed by atoms with E-state index in [1.807, 2.05) is 36.4 Å². The molecule has 1 N–H and O–H groups in total. The van der Waals surface area contributed by atoms with Gasteiger partial charge in [-0.25, -0.2) is 9.48 Å². The number of nitriles is 1. The second-order valence-electron chi connectivity index (χ2n) is 6.42. The van der Waals surface area contributed by atoms with Gasteiger partial charge in [0.2, 0.25) is 5.54 Å². The van der Waals surface area contributed by atoms with Crippen LogP contribution in [-0.4, -0.2) is 34.7 Å². The van der Waals surface area contributed by atoms with Crippen molar-refractivity contribution in [1.29, 1.82) is 5.26 Å². The number of nitrogens with zero attached hydrogens (tertiary/aromatic N) is 3. The summed E-state index contributed by atoms with van der Waals surface area (Å²) in [6, 6.07) is 11.2. The van der Waals surface area contributed by atoms with Crippen LogP contribution in [0.1, 0.15) is 38.0 Å². The molecule has 0 bridgehead atoms. The molecule has 3 rings (SSSR count). The Kier molecular flexibility index (Phi) is 5.80. The average Bonchev–Trinajstić information content (AvgIpc) is 3.15. The zero-order chi connectivity index (χ0) is 21.0. The standard InChI is InChI=1S/C21H22N4O4/c1-4-28-18(15-9-7-6-8-10-15)21(20(27)29-5-2)17(14(3)26)13-23-19-16(11-22)12-24-25(19)21/h6-10,12-13,18,23H,4-5H2,1-3H3. The van der Waals surface area contributed by atoms with Crippen LogP contribution < -0.4 is 5.32 Å². The van der Waals surface area contributed by atoms with E-state index >= 15 is 0 Å². The fourth-order valence-electron chi connectivity index (χ4n) is 3.62. The second-order valence-corrected chi connectivity index (χ2v) is 6.42. The Hall–Kier alpha value is -3.44. The van der Waals surface area contributed by atoms with Crippen molar-refractivity contribution < 1.29 is 19.1 Å². The molecule has 0 aliphatic carbocycles. The van der Waals surface area contributed by atoms with Crippen LogP contribution in [0.5, 0.6) is 0 Å². The summed E-state index contributed by atoms with van der Waals surface area (Å²) in [6.45, 7) is 5.25. The van der Waals surface area contributed by atoms with Gasteiger partial charge in [0.1, 0.15) is 23.6 Å². The number of ketones is 1. The molecule has 0 amide bonds. The van der Waals surface area contributed by atoms with Gasteiger partial charge in [-0.05, 0) is 26.3 Å². The van der Waals surface area contributed by atoms with E-state index in [9.17, 15) is 14.9 Å². The molecule has 0 fully saturated rings. The molecule has 2 heterocycles. The largest absolute Gasteiger partial charge is 0.464 e. The van der Waals surface area contributed by atoms with Gasteiger partial charge in [-0.15, -0.1) is 0 Å². The lowest BCUT2D eigenvalue weighted by Gasteiger charge is -2.42. The van der Waals surface area contributed by atoms with Crippen molar-refractivity contribution in [3.63, 3.8) is 0 Å². The van der Waals surface area contributed by atoms with Crippen molar-refractivity contribution >= 4 is 17.6 Å². The molecule has 2 unspecified atom stereocenters. The van der Waals surface area contributed by atoms with E-state index in [1.54, 1.807) is 13.8 Å². The minimum absolute atomic E-state index is 0.106. The third kappa shape index (κ3) is 3.19. The van der Waals surface area contributed by atoms with Crippen molar-refractivity contribution in [2.45, 2.75) is 32.4 Å². The number of benzene rings is 1. The highest BCUT2D eigenvalue weighted by atomic mass is 16.5. The van der Waals surface area contributed by atoms with Gasteiger partial charge < -0.3 is 14.8 Å². The maximum absolute atomic E-state index is 13.5. The Morgan fingerprint density at radius 3 is 2.59 bits per heavy atom. The number of esters is 1. The Labute approximate surface area is 168 Å². The molecule has 8 heteroatoms.